The number of nitrogens with one attached hydrogen (secondary N) is 2. The minimum Gasteiger partial charge on any atom is -0.361 e. The van der Waals surface area contributed by atoms with Crippen LogP contribution in [-0.4, -0.2) is 29.9 Å². The molecule has 0 radical (unpaired) electrons. The summed E-state index contributed by atoms with van der Waals surface area (Å²) in [5.41, 5.74) is 5.12. The molecule has 2 aromatic rings. The van der Waals surface area contributed by atoms with Crippen molar-refractivity contribution in [2.45, 2.75) is 13.1 Å². The first-order valence-electron chi connectivity index (χ1n) is 6.37. The van der Waals surface area contributed by atoms with Gasteiger partial charge in [-0.2, -0.15) is 0 Å². The number of aromatic nitrogens is 1. The summed E-state index contributed by atoms with van der Waals surface area (Å²) in [6, 6.07) is 8.18. The third-order valence-corrected chi connectivity index (χ3v) is 3.33. The molecule has 2 heterocycles. The van der Waals surface area contributed by atoms with Crippen LogP contribution in [0.25, 0.3) is 11.3 Å². The molecule has 98 valence electrons. The fourth-order valence-electron chi connectivity index (χ4n) is 2.61. The molecule has 0 aliphatic carbocycles. The van der Waals surface area contributed by atoms with Crippen molar-refractivity contribution in [1.82, 2.24) is 15.2 Å². The molecule has 4 nitrogen and oxygen atoms in total. The van der Waals surface area contributed by atoms with Crippen LogP contribution in [0.2, 0.25) is 0 Å². The summed E-state index contributed by atoms with van der Waals surface area (Å²) >= 11 is 0. The average Bonchev–Trinajstić information content (AvgIpc) is 2.98. The van der Waals surface area contributed by atoms with Gasteiger partial charge in [0, 0.05) is 30.5 Å². The molecular formula is C15H17N3O. The van der Waals surface area contributed by atoms with Crippen molar-refractivity contribution in [3.05, 3.63) is 47.2 Å². The molecule has 1 aromatic heterocycles. The highest BCUT2D eigenvalue weighted by Gasteiger charge is 2.24. The number of benzene rings is 1. The molecule has 0 atom stereocenters. The van der Waals surface area contributed by atoms with Gasteiger partial charge >= 0.3 is 0 Å². The topological polar surface area (TPSA) is 48.1 Å². The van der Waals surface area contributed by atoms with Gasteiger partial charge in [-0.05, 0) is 43.4 Å². The first-order valence-corrected chi connectivity index (χ1v) is 6.37. The molecule has 0 saturated carbocycles. The Morgan fingerprint density at radius 1 is 1.32 bits per heavy atom. The predicted molar refractivity (Wildman–Crippen MR) is 74.8 cm³/mol. The zero-order valence-corrected chi connectivity index (χ0v) is 11.2. The first-order chi connectivity index (χ1) is 9.15. The molecule has 0 spiro atoms. The molecule has 3 rings (SSSR count). The predicted octanol–water partition coefficient (Wildman–Crippen LogP) is 1.99. The van der Waals surface area contributed by atoms with Crippen molar-refractivity contribution < 1.29 is 4.79 Å². The van der Waals surface area contributed by atoms with Gasteiger partial charge in [0.05, 0.1) is 5.56 Å². The highest BCUT2D eigenvalue weighted by molar-refractivity contribution is 6.04. The van der Waals surface area contributed by atoms with Crippen LogP contribution in [0, 0.1) is 0 Å². The highest BCUT2D eigenvalue weighted by atomic mass is 16.1. The minimum atomic E-state index is 0.0241. The fraction of sp³-hybridized carbons (Fsp3) is 0.267. The van der Waals surface area contributed by atoms with Crippen LogP contribution in [0.5, 0.6) is 0 Å². The van der Waals surface area contributed by atoms with E-state index in [2.05, 4.69) is 27.3 Å². The van der Waals surface area contributed by atoms with Crippen LogP contribution < -0.4 is 5.32 Å². The Morgan fingerprint density at radius 3 is 2.84 bits per heavy atom. The van der Waals surface area contributed by atoms with Crippen molar-refractivity contribution in [2.24, 2.45) is 0 Å². The summed E-state index contributed by atoms with van der Waals surface area (Å²) in [5.74, 6) is 0.0241. The van der Waals surface area contributed by atoms with Crippen LogP contribution in [0.1, 0.15) is 21.5 Å². The number of hydrogen-bond donors (Lipinski definition) is 2. The largest absolute Gasteiger partial charge is 0.361 e. The van der Waals surface area contributed by atoms with Gasteiger partial charge in [-0.25, -0.2) is 0 Å². The smallest absolute Gasteiger partial charge is 0.252 e. The van der Waals surface area contributed by atoms with Crippen molar-refractivity contribution >= 4 is 5.91 Å². The molecule has 1 amide bonds. The summed E-state index contributed by atoms with van der Waals surface area (Å²) < 4.78 is 0. The van der Waals surface area contributed by atoms with Crippen molar-refractivity contribution in [3.8, 4) is 11.3 Å². The van der Waals surface area contributed by atoms with E-state index in [1.807, 2.05) is 32.4 Å². The lowest BCUT2D eigenvalue weighted by atomic mass is 9.97. The fourth-order valence-corrected chi connectivity index (χ4v) is 2.61. The monoisotopic (exact) mass is 255 g/mol. The van der Waals surface area contributed by atoms with Gasteiger partial charge in [-0.1, -0.05) is 6.07 Å². The number of amides is 1. The molecule has 0 saturated heterocycles. The second kappa shape index (κ2) is 4.55. The molecule has 19 heavy (non-hydrogen) atoms. The molecule has 1 aliphatic rings. The Bertz CT molecular complexity index is 615. The van der Waals surface area contributed by atoms with Gasteiger partial charge in [0.1, 0.15) is 0 Å². The Hall–Kier alpha value is -2.07. The molecule has 0 fully saturated rings. The van der Waals surface area contributed by atoms with Gasteiger partial charge in [0.15, 0.2) is 0 Å². The lowest BCUT2D eigenvalue weighted by Crippen LogP contribution is -2.13. The van der Waals surface area contributed by atoms with E-state index in [-0.39, 0.29) is 5.91 Å². The Morgan fingerprint density at radius 2 is 2.16 bits per heavy atom. The quantitative estimate of drug-likeness (QED) is 0.881. The van der Waals surface area contributed by atoms with Crippen molar-refractivity contribution in [1.29, 1.82) is 0 Å². The molecule has 1 aromatic carbocycles. The molecule has 0 bridgehead atoms. The molecule has 2 N–H and O–H groups in total. The van der Waals surface area contributed by atoms with Crippen LogP contribution in [0.4, 0.5) is 0 Å². The number of aromatic amines is 1. The summed E-state index contributed by atoms with van der Waals surface area (Å²) in [5, 5.41) is 2.90. The molecule has 4 heteroatoms. The third kappa shape index (κ3) is 2.15. The summed E-state index contributed by atoms with van der Waals surface area (Å²) in [6.45, 7) is 1.50. The van der Waals surface area contributed by atoms with Gasteiger partial charge in [-0.3, -0.25) is 4.79 Å². The summed E-state index contributed by atoms with van der Waals surface area (Å²) in [4.78, 5) is 17.3. The lowest BCUT2D eigenvalue weighted by Gasteiger charge is -2.13. The van der Waals surface area contributed by atoms with E-state index < -0.39 is 0 Å². The van der Waals surface area contributed by atoms with E-state index in [4.69, 9.17) is 0 Å². The second-order valence-corrected chi connectivity index (χ2v) is 5.18. The van der Waals surface area contributed by atoms with E-state index in [0.717, 1.165) is 28.9 Å². The number of H-pyrrole nitrogens is 1. The van der Waals surface area contributed by atoms with Gasteiger partial charge in [-0.15, -0.1) is 0 Å². The first kappa shape index (κ1) is 12.0. The minimum absolute atomic E-state index is 0.0241. The summed E-state index contributed by atoms with van der Waals surface area (Å²) in [7, 11) is 4.09. The number of nitrogens with zero attached hydrogens (tertiary/aromatic N) is 1. The Kier molecular flexibility index (Phi) is 2.87. The Balaban J connectivity index is 2.15. The zero-order valence-electron chi connectivity index (χ0n) is 11.2. The van der Waals surface area contributed by atoms with Crippen LogP contribution in [0.15, 0.2) is 30.5 Å². The normalized spacial score (nSPS) is 13.7. The lowest BCUT2D eigenvalue weighted by molar-refractivity contribution is 0.0966. The number of carbonyl (C=O) groups is 1. The van der Waals surface area contributed by atoms with Crippen LogP contribution in [-0.2, 0) is 13.1 Å². The zero-order chi connectivity index (χ0) is 13.4. The Labute approximate surface area is 112 Å². The number of rotatable bonds is 3. The maximum absolute atomic E-state index is 12.0. The highest BCUT2D eigenvalue weighted by Crippen LogP contribution is 2.30. The van der Waals surface area contributed by atoms with Gasteiger partial charge in [0.25, 0.3) is 5.91 Å². The van der Waals surface area contributed by atoms with E-state index >= 15 is 0 Å². The number of fused-ring (bicyclic) bond motifs is 1. The van der Waals surface area contributed by atoms with E-state index in [9.17, 15) is 4.79 Å². The number of carbonyl (C=O) groups excluding carboxylic acids is 1. The second-order valence-electron chi connectivity index (χ2n) is 5.18. The molecule has 1 aliphatic heterocycles. The van der Waals surface area contributed by atoms with E-state index in [0.29, 0.717) is 6.54 Å². The number of hydrogen-bond acceptors (Lipinski definition) is 2. The van der Waals surface area contributed by atoms with Crippen LogP contribution in [0.3, 0.4) is 0 Å². The third-order valence-electron chi connectivity index (χ3n) is 3.33. The standard InChI is InChI=1S/C15H17N3O/c1-18(2)9-10-6-11-8-17-15(19)14(11)12(7-10)13-4-3-5-16-13/h3-7,16H,8-9H2,1-2H3,(H,17,19). The molecule has 0 unspecified atom stereocenters. The van der Waals surface area contributed by atoms with Crippen molar-refractivity contribution in [2.75, 3.05) is 14.1 Å². The maximum Gasteiger partial charge on any atom is 0.252 e. The van der Waals surface area contributed by atoms with Gasteiger partial charge in [0.2, 0.25) is 0 Å². The molecular weight excluding hydrogens is 238 g/mol. The van der Waals surface area contributed by atoms with E-state index in [1.165, 1.54) is 5.56 Å². The SMILES string of the molecule is CN(C)Cc1cc2c(c(-c3ccc[nH]3)c1)C(=O)NC2. The van der Waals surface area contributed by atoms with Crippen molar-refractivity contribution in [3.63, 3.8) is 0 Å². The van der Waals surface area contributed by atoms with Crippen LogP contribution >= 0.6 is 0 Å². The summed E-state index contributed by atoms with van der Waals surface area (Å²) in [6.07, 6.45) is 1.88. The average molecular weight is 255 g/mol. The maximum atomic E-state index is 12.0. The van der Waals surface area contributed by atoms with E-state index in [1.54, 1.807) is 0 Å². The van der Waals surface area contributed by atoms with Gasteiger partial charge < -0.3 is 15.2 Å².